The third kappa shape index (κ3) is 1.98. The fraction of sp³-hybridized carbons (Fsp3) is 0.143. The van der Waals surface area contributed by atoms with Crippen LogP contribution in [0.4, 0.5) is 0 Å². The van der Waals surface area contributed by atoms with Crippen molar-refractivity contribution in [2.45, 2.75) is 10.5 Å². The summed E-state index contributed by atoms with van der Waals surface area (Å²) in [6, 6.07) is 18.9. The molecule has 80 valence electrons. The van der Waals surface area contributed by atoms with Crippen LogP contribution in [0.1, 0.15) is 21.6 Å². The van der Waals surface area contributed by atoms with Crippen LogP contribution in [0.3, 0.4) is 0 Å². The highest BCUT2D eigenvalue weighted by molar-refractivity contribution is 8.06. The molecular weight excluding hydrogens is 236 g/mol. The molecule has 2 aromatic rings. The number of hydrogen-bond donors (Lipinski definition) is 0. The van der Waals surface area contributed by atoms with Gasteiger partial charge in [0.1, 0.15) is 0 Å². The van der Waals surface area contributed by atoms with E-state index in [1.807, 2.05) is 23.9 Å². The second kappa shape index (κ2) is 4.15. The van der Waals surface area contributed by atoms with Crippen molar-refractivity contribution in [1.82, 2.24) is 0 Å². The van der Waals surface area contributed by atoms with Gasteiger partial charge < -0.3 is 0 Å². The summed E-state index contributed by atoms with van der Waals surface area (Å²) < 4.78 is 0. The second-order valence-electron chi connectivity index (χ2n) is 3.94. The molecule has 0 radical (unpaired) electrons. The Balaban J connectivity index is 1.79. The summed E-state index contributed by atoms with van der Waals surface area (Å²) >= 11 is 7.89. The molecule has 1 heterocycles. The van der Waals surface area contributed by atoms with Crippen LogP contribution >= 0.6 is 23.4 Å². The van der Waals surface area contributed by atoms with Gasteiger partial charge in [-0.3, -0.25) is 0 Å². The summed E-state index contributed by atoms with van der Waals surface area (Å²) in [5, 5.41) is 2.05. The number of halogens is 1. The van der Waals surface area contributed by atoms with Gasteiger partial charge in [-0.05, 0) is 23.3 Å². The fourth-order valence-corrected chi connectivity index (χ4v) is 3.21. The summed E-state index contributed by atoms with van der Waals surface area (Å²) in [5.41, 5.74) is 2.80. The standard InChI is InChI=1S/C14H11ClS/c15-12-8-6-11(7-9-12)14-13(16-14)10-4-2-1-3-5-10/h1-9,13-14H/t13-,14-/m0/s1. The molecule has 2 heteroatoms. The predicted molar refractivity (Wildman–Crippen MR) is 71.0 cm³/mol. The minimum atomic E-state index is 0.611. The van der Waals surface area contributed by atoms with Gasteiger partial charge in [0.15, 0.2) is 0 Å². The molecule has 0 saturated carbocycles. The van der Waals surface area contributed by atoms with Crippen molar-refractivity contribution in [2.24, 2.45) is 0 Å². The lowest BCUT2D eigenvalue weighted by Gasteiger charge is -1.99. The molecule has 0 spiro atoms. The molecule has 0 bridgehead atoms. The van der Waals surface area contributed by atoms with Gasteiger partial charge in [-0.15, -0.1) is 11.8 Å². The molecule has 1 aliphatic rings. The molecule has 3 rings (SSSR count). The van der Waals surface area contributed by atoms with Crippen LogP contribution in [0.2, 0.25) is 5.02 Å². The van der Waals surface area contributed by atoms with Crippen LogP contribution < -0.4 is 0 Å². The van der Waals surface area contributed by atoms with Gasteiger partial charge in [0.2, 0.25) is 0 Å². The molecule has 1 aliphatic heterocycles. The zero-order valence-corrected chi connectivity index (χ0v) is 10.2. The van der Waals surface area contributed by atoms with Crippen molar-refractivity contribution in [3.05, 3.63) is 70.7 Å². The van der Waals surface area contributed by atoms with Crippen LogP contribution in [-0.4, -0.2) is 0 Å². The first-order valence-corrected chi connectivity index (χ1v) is 6.62. The Morgan fingerprint density at radius 3 is 1.94 bits per heavy atom. The quantitative estimate of drug-likeness (QED) is 0.682. The molecule has 0 amide bonds. The lowest BCUT2D eigenvalue weighted by atomic mass is 10.0. The van der Waals surface area contributed by atoms with E-state index in [1.54, 1.807) is 0 Å². The summed E-state index contributed by atoms with van der Waals surface area (Å²) in [5.74, 6) is 0. The molecule has 0 N–H and O–H groups in total. The van der Waals surface area contributed by atoms with Crippen molar-refractivity contribution in [3.8, 4) is 0 Å². The van der Waals surface area contributed by atoms with E-state index in [4.69, 9.17) is 11.6 Å². The fourth-order valence-electron chi connectivity index (χ4n) is 1.91. The van der Waals surface area contributed by atoms with Gasteiger partial charge in [0.25, 0.3) is 0 Å². The average molecular weight is 247 g/mol. The number of thioether (sulfide) groups is 1. The SMILES string of the molecule is Clc1ccc([C@@H]2S[C@H]2c2ccccc2)cc1. The molecule has 2 aromatic carbocycles. The molecule has 1 saturated heterocycles. The monoisotopic (exact) mass is 246 g/mol. The lowest BCUT2D eigenvalue weighted by Crippen LogP contribution is -1.83. The first-order valence-electron chi connectivity index (χ1n) is 5.30. The van der Waals surface area contributed by atoms with Crippen LogP contribution in [0.5, 0.6) is 0 Å². The predicted octanol–water partition coefficient (Wildman–Crippen LogP) is 4.87. The van der Waals surface area contributed by atoms with Crippen LogP contribution in [0, 0.1) is 0 Å². The van der Waals surface area contributed by atoms with Crippen molar-refractivity contribution < 1.29 is 0 Å². The molecule has 0 aromatic heterocycles. The van der Waals surface area contributed by atoms with Gasteiger partial charge in [-0.1, -0.05) is 54.1 Å². The maximum absolute atomic E-state index is 5.88. The van der Waals surface area contributed by atoms with E-state index in [-0.39, 0.29) is 0 Å². The first-order chi connectivity index (χ1) is 7.84. The van der Waals surface area contributed by atoms with E-state index in [1.165, 1.54) is 11.1 Å². The average Bonchev–Trinajstić information content (AvgIpc) is 3.11. The number of benzene rings is 2. The topological polar surface area (TPSA) is 0 Å². The molecule has 0 unspecified atom stereocenters. The Morgan fingerprint density at radius 1 is 0.750 bits per heavy atom. The van der Waals surface area contributed by atoms with Crippen LogP contribution in [-0.2, 0) is 0 Å². The molecule has 0 aliphatic carbocycles. The maximum atomic E-state index is 5.88. The minimum absolute atomic E-state index is 0.611. The Morgan fingerprint density at radius 2 is 1.31 bits per heavy atom. The van der Waals surface area contributed by atoms with E-state index < -0.39 is 0 Å². The lowest BCUT2D eigenvalue weighted by molar-refractivity contribution is 1.03. The van der Waals surface area contributed by atoms with E-state index in [0.717, 1.165) is 5.02 Å². The van der Waals surface area contributed by atoms with Gasteiger partial charge in [-0.2, -0.15) is 0 Å². The van der Waals surface area contributed by atoms with Crippen molar-refractivity contribution >= 4 is 23.4 Å². The summed E-state index contributed by atoms with van der Waals surface area (Å²) in [6.07, 6.45) is 0. The van der Waals surface area contributed by atoms with Gasteiger partial charge in [0.05, 0.1) is 0 Å². The van der Waals surface area contributed by atoms with Gasteiger partial charge >= 0.3 is 0 Å². The smallest absolute Gasteiger partial charge is 0.0463 e. The Labute approximate surface area is 105 Å². The third-order valence-corrected chi connectivity index (χ3v) is 4.43. The minimum Gasteiger partial charge on any atom is -0.143 e. The molecule has 1 fully saturated rings. The normalized spacial score (nSPS) is 23.1. The second-order valence-corrected chi connectivity index (χ2v) is 5.66. The molecule has 0 nitrogen and oxygen atoms in total. The summed E-state index contributed by atoms with van der Waals surface area (Å²) in [6.45, 7) is 0. The van der Waals surface area contributed by atoms with Crippen molar-refractivity contribution in [3.63, 3.8) is 0 Å². The largest absolute Gasteiger partial charge is 0.143 e. The zero-order chi connectivity index (χ0) is 11.0. The Hall–Kier alpha value is -0.920. The zero-order valence-electron chi connectivity index (χ0n) is 8.64. The maximum Gasteiger partial charge on any atom is 0.0463 e. The van der Waals surface area contributed by atoms with E-state index in [2.05, 4.69) is 42.5 Å². The van der Waals surface area contributed by atoms with Gasteiger partial charge in [0, 0.05) is 15.5 Å². The van der Waals surface area contributed by atoms with Gasteiger partial charge in [-0.25, -0.2) is 0 Å². The highest BCUT2D eigenvalue weighted by atomic mass is 35.5. The first kappa shape index (κ1) is 10.2. The number of hydrogen-bond acceptors (Lipinski definition) is 1. The summed E-state index contributed by atoms with van der Waals surface area (Å²) in [4.78, 5) is 0. The Bertz CT molecular complexity index is 478. The highest BCUT2D eigenvalue weighted by Gasteiger charge is 2.40. The highest BCUT2D eigenvalue weighted by Crippen LogP contribution is 2.65. The van der Waals surface area contributed by atoms with E-state index >= 15 is 0 Å². The molecular formula is C14H11ClS. The Kier molecular flexibility index (Phi) is 2.66. The number of rotatable bonds is 2. The van der Waals surface area contributed by atoms with E-state index in [9.17, 15) is 0 Å². The van der Waals surface area contributed by atoms with Crippen LogP contribution in [0.25, 0.3) is 0 Å². The molecule has 16 heavy (non-hydrogen) atoms. The van der Waals surface area contributed by atoms with Crippen molar-refractivity contribution in [1.29, 1.82) is 0 Å². The van der Waals surface area contributed by atoms with Crippen LogP contribution in [0.15, 0.2) is 54.6 Å². The van der Waals surface area contributed by atoms with Crippen molar-refractivity contribution in [2.75, 3.05) is 0 Å². The summed E-state index contributed by atoms with van der Waals surface area (Å²) in [7, 11) is 0. The molecule has 2 atom stereocenters. The van der Waals surface area contributed by atoms with E-state index in [0.29, 0.717) is 10.5 Å². The third-order valence-electron chi connectivity index (χ3n) is 2.82.